The highest BCUT2D eigenvalue weighted by Crippen LogP contribution is 2.10. The molecule has 2 heterocycles. The van der Waals surface area contributed by atoms with E-state index >= 15 is 0 Å². The quantitative estimate of drug-likeness (QED) is 0.735. The smallest absolute Gasteiger partial charge is 0.217 e. The molecule has 0 aromatic carbocycles. The second-order valence-corrected chi connectivity index (χ2v) is 7.46. The third kappa shape index (κ3) is 4.76. The molecule has 21 heavy (non-hydrogen) atoms. The molecule has 7 nitrogen and oxygen atoms in total. The van der Waals surface area contributed by atoms with Gasteiger partial charge in [-0.1, -0.05) is 13.3 Å². The molecule has 1 aromatic rings. The maximum atomic E-state index is 12.1. The molecule has 0 atom stereocenters. The molecule has 0 aliphatic carbocycles. The normalized spacial score (nSPS) is 18.2. The molecule has 0 N–H and O–H groups in total. The molecular weight excluding hydrogens is 292 g/mol. The molecule has 0 bridgehead atoms. The number of piperazine rings is 1. The first kappa shape index (κ1) is 16.4. The molecule has 0 radical (unpaired) electrons. The fourth-order valence-corrected chi connectivity index (χ4v) is 4.01. The van der Waals surface area contributed by atoms with Crippen LogP contribution >= 0.6 is 0 Å². The van der Waals surface area contributed by atoms with Gasteiger partial charge < -0.3 is 9.32 Å². The SMILES string of the molecule is CCCCS(=O)(=O)N1CCN(CCc2nnc(C)o2)CC1. The highest BCUT2D eigenvalue weighted by Gasteiger charge is 2.26. The largest absolute Gasteiger partial charge is 0.426 e. The summed E-state index contributed by atoms with van der Waals surface area (Å²) in [5.74, 6) is 1.49. The Hall–Kier alpha value is -0.990. The van der Waals surface area contributed by atoms with Gasteiger partial charge in [-0.05, 0) is 6.42 Å². The van der Waals surface area contributed by atoms with Crippen molar-refractivity contribution in [1.29, 1.82) is 0 Å². The number of aromatic nitrogens is 2. The van der Waals surface area contributed by atoms with Gasteiger partial charge in [0.15, 0.2) is 0 Å². The van der Waals surface area contributed by atoms with E-state index in [1.54, 1.807) is 11.2 Å². The summed E-state index contributed by atoms with van der Waals surface area (Å²) in [6, 6.07) is 0. The summed E-state index contributed by atoms with van der Waals surface area (Å²) in [6.07, 6.45) is 2.35. The predicted octanol–water partition coefficient (Wildman–Crippen LogP) is 0.668. The third-order valence-corrected chi connectivity index (χ3v) is 5.65. The van der Waals surface area contributed by atoms with E-state index in [2.05, 4.69) is 15.1 Å². The van der Waals surface area contributed by atoms with Gasteiger partial charge in [-0.3, -0.25) is 0 Å². The average molecular weight is 316 g/mol. The van der Waals surface area contributed by atoms with Crippen LogP contribution in [-0.4, -0.2) is 66.3 Å². The van der Waals surface area contributed by atoms with Crippen LogP contribution in [0.3, 0.4) is 0 Å². The minimum atomic E-state index is -3.07. The van der Waals surface area contributed by atoms with Gasteiger partial charge in [-0.15, -0.1) is 10.2 Å². The molecule has 1 aromatic heterocycles. The van der Waals surface area contributed by atoms with Crippen LogP contribution in [0, 0.1) is 6.92 Å². The van der Waals surface area contributed by atoms with Crippen molar-refractivity contribution in [3.8, 4) is 0 Å². The molecule has 0 amide bonds. The van der Waals surface area contributed by atoms with Crippen molar-refractivity contribution in [3.63, 3.8) is 0 Å². The second kappa shape index (κ2) is 7.33. The van der Waals surface area contributed by atoms with Gasteiger partial charge >= 0.3 is 0 Å². The van der Waals surface area contributed by atoms with Crippen molar-refractivity contribution in [1.82, 2.24) is 19.4 Å². The van der Waals surface area contributed by atoms with Crippen molar-refractivity contribution < 1.29 is 12.8 Å². The van der Waals surface area contributed by atoms with E-state index in [4.69, 9.17) is 4.42 Å². The Balaban J connectivity index is 1.75. The molecular formula is C13H24N4O3S. The molecule has 8 heteroatoms. The summed E-state index contributed by atoms with van der Waals surface area (Å²) in [5, 5.41) is 7.77. The first-order chi connectivity index (χ1) is 10.0. The highest BCUT2D eigenvalue weighted by atomic mass is 32.2. The predicted molar refractivity (Wildman–Crippen MR) is 79.4 cm³/mol. The van der Waals surface area contributed by atoms with Crippen molar-refractivity contribution in [2.24, 2.45) is 0 Å². The molecule has 1 fully saturated rings. The fraction of sp³-hybridized carbons (Fsp3) is 0.846. The number of hydrogen-bond acceptors (Lipinski definition) is 6. The summed E-state index contributed by atoms with van der Waals surface area (Å²) in [5.41, 5.74) is 0. The Morgan fingerprint density at radius 1 is 1.19 bits per heavy atom. The third-order valence-electron chi connectivity index (χ3n) is 3.69. The van der Waals surface area contributed by atoms with E-state index < -0.39 is 10.0 Å². The Morgan fingerprint density at radius 3 is 2.48 bits per heavy atom. The van der Waals surface area contributed by atoms with Crippen LogP contribution in [0.5, 0.6) is 0 Å². The lowest BCUT2D eigenvalue weighted by molar-refractivity contribution is 0.186. The van der Waals surface area contributed by atoms with Crippen molar-refractivity contribution in [2.45, 2.75) is 33.1 Å². The average Bonchev–Trinajstić information content (AvgIpc) is 2.89. The van der Waals surface area contributed by atoms with Crippen molar-refractivity contribution in [2.75, 3.05) is 38.5 Å². The summed E-state index contributed by atoms with van der Waals surface area (Å²) in [7, 11) is -3.07. The van der Waals surface area contributed by atoms with Crippen molar-refractivity contribution >= 4 is 10.0 Å². The number of hydrogen-bond donors (Lipinski definition) is 0. The molecule has 1 aliphatic rings. The number of nitrogens with zero attached hydrogens (tertiary/aromatic N) is 4. The number of aryl methyl sites for hydroxylation is 1. The lowest BCUT2D eigenvalue weighted by atomic mass is 10.3. The number of rotatable bonds is 7. The Bertz CT molecular complexity index is 535. The van der Waals surface area contributed by atoms with Gasteiger partial charge in [0.2, 0.25) is 21.8 Å². The summed E-state index contributed by atoms with van der Waals surface area (Å²) >= 11 is 0. The minimum Gasteiger partial charge on any atom is -0.426 e. The monoisotopic (exact) mass is 316 g/mol. The van der Waals surface area contributed by atoms with Gasteiger partial charge in [-0.2, -0.15) is 4.31 Å². The lowest BCUT2D eigenvalue weighted by Gasteiger charge is -2.33. The molecule has 1 aliphatic heterocycles. The summed E-state index contributed by atoms with van der Waals surface area (Å²) < 4.78 is 31.2. The first-order valence-electron chi connectivity index (χ1n) is 7.50. The fourth-order valence-electron chi connectivity index (χ4n) is 2.38. The molecule has 1 saturated heterocycles. The zero-order valence-corrected chi connectivity index (χ0v) is 13.6. The van der Waals surface area contributed by atoms with Crippen LogP contribution in [0.25, 0.3) is 0 Å². The molecule has 0 unspecified atom stereocenters. The zero-order valence-electron chi connectivity index (χ0n) is 12.8. The Morgan fingerprint density at radius 2 is 1.90 bits per heavy atom. The number of unbranched alkanes of at least 4 members (excludes halogenated alkanes) is 1. The van der Waals surface area contributed by atoms with Crippen LogP contribution in [0.4, 0.5) is 0 Å². The van der Waals surface area contributed by atoms with E-state index in [-0.39, 0.29) is 5.75 Å². The van der Waals surface area contributed by atoms with Gasteiger partial charge in [-0.25, -0.2) is 8.42 Å². The lowest BCUT2D eigenvalue weighted by Crippen LogP contribution is -2.49. The summed E-state index contributed by atoms with van der Waals surface area (Å²) in [6.45, 7) is 7.29. The minimum absolute atomic E-state index is 0.269. The van der Waals surface area contributed by atoms with Gasteiger partial charge in [0.25, 0.3) is 0 Å². The maximum Gasteiger partial charge on any atom is 0.217 e. The van der Waals surface area contributed by atoms with Crippen LogP contribution in [0.15, 0.2) is 4.42 Å². The second-order valence-electron chi connectivity index (χ2n) is 5.38. The standard InChI is InChI=1S/C13H24N4O3S/c1-3-4-11-21(18,19)17-9-7-16(8-10-17)6-5-13-15-14-12(2)20-13/h3-11H2,1-2H3. The van der Waals surface area contributed by atoms with Gasteiger partial charge in [0.1, 0.15) is 0 Å². The summed E-state index contributed by atoms with van der Waals surface area (Å²) in [4.78, 5) is 2.24. The Kier molecular flexibility index (Phi) is 5.72. The molecule has 2 rings (SSSR count). The van der Waals surface area contributed by atoms with E-state index in [1.165, 1.54) is 0 Å². The van der Waals surface area contributed by atoms with Crippen LogP contribution in [0.1, 0.15) is 31.5 Å². The van der Waals surface area contributed by atoms with Crippen LogP contribution < -0.4 is 0 Å². The molecule has 0 saturated carbocycles. The van der Waals surface area contributed by atoms with E-state index in [9.17, 15) is 8.42 Å². The van der Waals surface area contributed by atoms with Crippen LogP contribution in [0.2, 0.25) is 0 Å². The molecule has 0 spiro atoms. The highest BCUT2D eigenvalue weighted by molar-refractivity contribution is 7.89. The van der Waals surface area contributed by atoms with Gasteiger partial charge in [0, 0.05) is 46.1 Å². The van der Waals surface area contributed by atoms with Gasteiger partial charge in [0.05, 0.1) is 5.75 Å². The Labute approximate surface area is 126 Å². The van der Waals surface area contributed by atoms with E-state index in [0.717, 1.165) is 32.5 Å². The molecule has 120 valence electrons. The van der Waals surface area contributed by atoms with Crippen LogP contribution in [-0.2, 0) is 16.4 Å². The topological polar surface area (TPSA) is 79.5 Å². The zero-order chi connectivity index (χ0) is 15.3. The first-order valence-corrected chi connectivity index (χ1v) is 9.11. The van der Waals surface area contributed by atoms with Crippen molar-refractivity contribution in [3.05, 3.63) is 11.8 Å². The van der Waals surface area contributed by atoms with E-state index in [0.29, 0.717) is 31.3 Å². The maximum absolute atomic E-state index is 12.1. The van der Waals surface area contributed by atoms with E-state index in [1.807, 2.05) is 6.92 Å². The number of sulfonamides is 1.